The van der Waals surface area contributed by atoms with Crippen molar-refractivity contribution in [3.8, 4) is 0 Å². The van der Waals surface area contributed by atoms with Gasteiger partial charge in [-0.2, -0.15) is 5.10 Å². The Morgan fingerprint density at radius 2 is 2.20 bits per heavy atom. The van der Waals surface area contributed by atoms with Gasteiger partial charge in [0.15, 0.2) is 0 Å². The summed E-state index contributed by atoms with van der Waals surface area (Å²) in [5.74, 6) is 0. The molecule has 0 aliphatic carbocycles. The molecule has 0 aliphatic rings. The molecule has 1 aromatic heterocycles. The predicted octanol–water partition coefficient (Wildman–Crippen LogP) is 2.24. The number of hydrogen-bond donors (Lipinski definition) is 3. The fourth-order valence-corrected chi connectivity index (χ4v) is 4.15. The number of nitrogens with two attached hydrogens (primary N) is 1. The number of anilines is 1. The molecule has 20 heavy (non-hydrogen) atoms. The number of rotatable bonds is 4. The summed E-state index contributed by atoms with van der Waals surface area (Å²) >= 11 is 8.12. The van der Waals surface area contributed by atoms with Crippen molar-refractivity contribution < 1.29 is 8.42 Å². The molecule has 4 N–H and O–H groups in total. The Hall–Kier alpha value is -0.840. The van der Waals surface area contributed by atoms with Gasteiger partial charge in [-0.3, -0.25) is 9.82 Å². The highest BCUT2D eigenvalue weighted by Gasteiger charge is 2.24. The van der Waals surface area contributed by atoms with Gasteiger partial charge in [-0.05, 0) is 47.7 Å². The van der Waals surface area contributed by atoms with Crippen LogP contribution < -0.4 is 10.5 Å². The minimum atomic E-state index is -3.79. The molecule has 0 fully saturated rings. The van der Waals surface area contributed by atoms with E-state index >= 15 is 0 Å². The summed E-state index contributed by atoms with van der Waals surface area (Å²) in [6.07, 6.45) is 0. The molecule has 0 saturated carbocycles. The van der Waals surface area contributed by atoms with Crippen LogP contribution in [0.5, 0.6) is 0 Å². The minimum Gasteiger partial charge on any atom is -0.325 e. The van der Waals surface area contributed by atoms with E-state index in [1.54, 1.807) is 25.1 Å². The highest BCUT2D eigenvalue weighted by Crippen LogP contribution is 2.27. The van der Waals surface area contributed by atoms with Gasteiger partial charge in [0.25, 0.3) is 10.0 Å². The molecule has 6 nitrogen and oxygen atoms in total. The number of aromatic nitrogens is 2. The van der Waals surface area contributed by atoms with Crippen LogP contribution in [0.25, 0.3) is 0 Å². The molecule has 0 amide bonds. The lowest BCUT2D eigenvalue weighted by atomic mass is 10.3. The second kappa shape index (κ2) is 5.88. The highest BCUT2D eigenvalue weighted by atomic mass is 127. The molecule has 2 rings (SSSR count). The van der Waals surface area contributed by atoms with Crippen molar-refractivity contribution in [1.82, 2.24) is 10.2 Å². The van der Waals surface area contributed by atoms with Gasteiger partial charge in [0.05, 0.1) is 22.1 Å². The van der Waals surface area contributed by atoms with Gasteiger partial charge in [0.2, 0.25) is 0 Å². The third kappa shape index (κ3) is 3.08. The number of benzene rings is 1. The number of H-pyrrole nitrogens is 1. The van der Waals surface area contributed by atoms with Gasteiger partial charge >= 0.3 is 0 Å². The number of hydrogen-bond acceptors (Lipinski definition) is 4. The molecule has 0 unspecified atom stereocenters. The molecule has 0 atom stereocenters. The topological polar surface area (TPSA) is 101 Å². The van der Waals surface area contributed by atoms with E-state index < -0.39 is 10.0 Å². The molecule has 108 valence electrons. The van der Waals surface area contributed by atoms with Crippen LogP contribution in [0.1, 0.15) is 11.4 Å². The molecule has 1 heterocycles. The lowest BCUT2D eigenvalue weighted by molar-refractivity contribution is 0.599. The van der Waals surface area contributed by atoms with Crippen LogP contribution in [0.2, 0.25) is 5.02 Å². The van der Waals surface area contributed by atoms with E-state index in [-0.39, 0.29) is 17.1 Å². The zero-order valence-corrected chi connectivity index (χ0v) is 14.2. The van der Waals surface area contributed by atoms with Gasteiger partial charge in [0, 0.05) is 10.1 Å². The second-order valence-corrected chi connectivity index (χ2v) is 7.33. The zero-order valence-electron chi connectivity index (χ0n) is 10.4. The van der Waals surface area contributed by atoms with Crippen LogP contribution in [0.15, 0.2) is 23.1 Å². The fourth-order valence-electron chi connectivity index (χ4n) is 1.73. The Kier molecular flexibility index (Phi) is 4.57. The summed E-state index contributed by atoms with van der Waals surface area (Å²) in [6.45, 7) is 1.65. The molecule has 0 radical (unpaired) electrons. The Labute approximate surface area is 135 Å². The number of nitrogens with zero attached hydrogens (tertiary/aromatic N) is 1. The van der Waals surface area contributed by atoms with E-state index in [4.69, 9.17) is 17.3 Å². The summed E-state index contributed by atoms with van der Waals surface area (Å²) in [5, 5.41) is 6.83. The highest BCUT2D eigenvalue weighted by molar-refractivity contribution is 14.1. The quantitative estimate of drug-likeness (QED) is 0.653. The average molecular weight is 427 g/mol. The van der Waals surface area contributed by atoms with E-state index in [9.17, 15) is 8.42 Å². The predicted molar refractivity (Wildman–Crippen MR) is 86.2 cm³/mol. The fraction of sp³-hybridized carbons (Fsp3) is 0.182. The standard InChI is InChI=1S/C11H12ClIN4O2S/c1-6-11(10(5-14)16-15-6)20(18,19)17-9-3-2-7(13)4-8(9)12/h2-4,17H,5,14H2,1H3,(H,15,16). The maximum Gasteiger partial charge on any atom is 0.265 e. The number of nitrogens with one attached hydrogen (secondary N) is 2. The first-order chi connectivity index (χ1) is 9.35. The minimum absolute atomic E-state index is 0.0288. The smallest absolute Gasteiger partial charge is 0.265 e. The van der Waals surface area contributed by atoms with E-state index in [2.05, 4.69) is 37.5 Å². The summed E-state index contributed by atoms with van der Waals surface area (Å²) in [4.78, 5) is 0.0645. The summed E-state index contributed by atoms with van der Waals surface area (Å²) in [6, 6.07) is 5.04. The van der Waals surface area contributed by atoms with E-state index in [0.29, 0.717) is 16.4 Å². The Balaban J connectivity index is 2.43. The largest absolute Gasteiger partial charge is 0.325 e. The van der Waals surface area contributed by atoms with Gasteiger partial charge in [-0.15, -0.1) is 0 Å². The Bertz CT molecular complexity index is 745. The van der Waals surface area contributed by atoms with Crippen LogP contribution in [0.3, 0.4) is 0 Å². The number of halogens is 2. The van der Waals surface area contributed by atoms with Crippen molar-refractivity contribution in [3.05, 3.63) is 38.2 Å². The number of aromatic amines is 1. The van der Waals surface area contributed by atoms with Crippen molar-refractivity contribution >= 4 is 49.9 Å². The Morgan fingerprint density at radius 1 is 1.50 bits per heavy atom. The molecular weight excluding hydrogens is 415 g/mol. The molecular formula is C11H12ClIN4O2S. The van der Waals surface area contributed by atoms with Crippen LogP contribution in [-0.2, 0) is 16.6 Å². The van der Waals surface area contributed by atoms with E-state index in [1.165, 1.54) is 0 Å². The van der Waals surface area contributed by atoms with Gasteiger partial charge in [-0.1, -0.05) is 11.6 Å². The van der Waals surface area contributed by atoms with Crippen molar-refractivity contribution in [2.45, 2.75) is 18.4 Å². The van der Waals surface area contributed by atoms with E-state index in [0.717, 1.165) is 3.57 Å². The first kappa shape index (κ1) is 15.5. The summed E-state index contributed by atoms with van der Waals surface area (Å²) in [5.41, 5.74) is 6.54. The summed E-state index contributed by atoms with van der Waals surface area (Å²) < 4.78 is 28.2. The molecule has 1 aromatic carbocycles. The van der Waals surface area contributed by atoms with Crippen LogP contribution in [0, 0.1) is 10.5 Å². The monoisotopic (exact) mass is 426 g/mol. The summed E-state index contributed by atoms with van der Waals surface area (Å²) in [7, 11) is -3.79. The molecule has 2 aromatic rings. The van der Waals surface area contributed by atoms with E-state index in [1.807, 2.05) is 0 Å². The lowest BCUT2D eigenvalue weighted by Crippen LogP contribution is -2.16. The van der Waals surface area contributed by atoms with Crippen molar-refractivity contribution in [2.24, 2.45) is 5.73 Å². The van der Waals surface area contributed by atoms with Gasteiger partial charge < -0.3 is 5.73 Å². The first-order valence-corrected chi connectivity index (χ1v) is 8.51. The third-order valence-corrected chi connectivity index (χ3v) is 5.15. The van der Waals surface area contributed by atoms with Crippen LogP contribution in [-0.4, -0.2) is 18.6 Å². The number of aryl methyl sites for hydroxylation is 1. The lowest BCUT2D eigenvalue weighted by Gasteiger charge is -2.10. The van der Waals surface area contributed by atoms with Crippen molar-refractivity contribution in [1.29, 1.82) is 0 Å². The SMILES string of the molecule is Cc1[nH]nc(CN)c1S(=O)(=O)Nc1ccc(I)cc1Cl. The third-order valence-electron chi connectivity index (χ3n) is 2.60. The second-order valence-electron chi connectivity index (χ2n) is 4.06. The molecule has 0 spiro atoms. The number of sulfonamides is 1. The molecule has 0 aliphatic heterocycles. The molecule has 9 heteroatoms. The molecule has 0 saturated heterocycles. The van der Waals surface area contributed by atoms with Gasteiger partial charge in [0.1, 0.15) is 4.90 Å². The zero-order chi connectivity index (χ0) is 14.9. The van der Waals surface area contributed by atoms with Gasteiger partial charge in [-0.25, -0.2) is 8.42 Å². The van der Waals surface area contributed by atoms with Crippen LogP contribution >= 0.6 is 34.2 Å². The maximum atomic E-state index is 12.4. The molecule has 0 bridgehead atoms. The van der Waals surface area contributed by atoms with Crippen molar-refractivity contribution in [2.75, 3.05) is 4.72 Å². The normalized spacial score (nSPS) is 11.6. The Morgan fingerprint density at radius 3 is 2.80 bits per heavy atom. The van der Waals surface area contributed by atoms with Crippen molar-refractivity contribution in [3.63, 3.8) is 0 Å². The average Bonchev–Trinajstić information content (AvgIpc) is 2.75. The maximum absolute atomic E-state index is 12.4. The van der Waals surface area contributed by atoms with Crippen LogP contribution in [0.4, 0.5) is 5.69 Å². The first-order valence-electron chi connectivity index (χ1n) is 5.57.